The van der Waals surface area contributed by atoms with Gasteiger partial charge in [0.25, 0.3) is 11.6 Å². The van der Waals surface area contributed by atoms with Crippen LogP contribution in [0.15, 0.2) is 114 Å². The van der Waals surface area contributed by atoms with E-state index < -0.39 is 16.4 Å². The van der Waals surface area contributed by atoms with E-state index in [1.807, 2.05) is 43.3 Å². The third-order valence-corrected chi connectivity index (χ3v) is 6.84. The molecule has 1 amide bonds. The van der Waals surface area contributed by atoms with Crippen LogP contribution in [0.2, 0.25) is 0 Å². The maximum absolute atomic E-state index is 13.4. The van der Waals surface area contributed by atoms with Crippen LogP contribution in [0.5, 0.6) is 0 Å². The number of amides is 1. The number of rotatable bonds is 8. The Kier molecular flexibility index (Phi) is 7.03. The topological polar surface area (TPSA) is 110 Å². The number of benzene rings is 4. The van der Waals surface area contributed by atoms with Crippen LogP contribution >= 0.6 is 0 Å². The first kappa shape index (κ1) is 25.6. The standard InChI is InChI=1S/C31H26N4O4/c1-22-28(27-14-8-9-15-29(27)34(22)21-23-16-18-26(19-17-23)35(38)39)20-32-33-30(36)31(37,24-10-4-2-5-11-24)25-12-6-3-7-13-25/h2-20,37H,21H2,1H3,(H,33,36)/b32-20-. The average molecular weight is 519 g/mol. The lowest BCUT2D eigenvalue weighted by Crippen LogP contribution is -2.43. The highest BCUT2D eigenvalue weighted by molar-refractivity contribution is 6.01. The van der Waals surface area contributed by atoms with E-state index in [4.69, 9.17) is 0 Å². The second-order valence-electron chi connectivity index (χ2n) is 9.17. The zero-order valence-corrected chi connectivity index (χ0v) is 21.2. The number of carbonyl (C=O) groups is 1. The number of nitro benzene ring substituents is 1. The molecule has 0 saturated heterocycles. The molecular weight excluding hydrogens is 492 g/mol. The molecule has 1 aromatic heterocycles. The highest BCUT2D eigenvalue weighted by atomic mass is 16.6. The molecule has 0 aliphatic rings. The van der Waals surface area contributed by atoms with Gasteiger partial charge in [-0.15, -0.1) is 0 Å². The van der Waals surface area contributed by atoms with E-state index in [1.54, 1.807) is 66.9 Å². The Morgan fingerprint density at radius 1 is 0.923 bits per heavy atom. The van der Waals surface area contributed by atoms with E-state index in [-0.39, 0.29) is 5.69 Å². The molecule has 5 aromatic rings. The fourth-order valence-corrected chi connectivity index (χ4v) is 4.75. The van der Waals surface area contributed by atoms with Crippen molar-refractivity contribution in [2.75, 3.05) is 0 Å². The Hall–Kier alpha value is -5.08. The molecule has 0 fully saturated rings. The van der Waals surface area contributed by atoms with Gasteiger partial charge in [-0.3, -0.25) is 14.9 Å². The molecule has 0 bridgehead atoms. The van der Waals surface area contributed by atoms with E-state index in [0.717, 1.165) is 27.7 Å². The summed E-state index contributed by atoms with van der Waals surface area (Å²) in [5.74, 6) is -0.677. The van der Waals surface area contributed by atoms with Crippen molar-refractivity contribution < 1.29 is 14.8 Å². The number of carbonyl (C=O) groups excluding carboxylic acids is 1. The van der Waals surface area contributed by atoms with Gasteiger partial charge in [-0.2, -0.15) is 5.10 Å². The molecule has 5 rings (SSSR count). The monoisotopic (exact) mass is 518 g/mol. The number of hydrazone groups is 1. The third kappa shape index (κ3) is 4.93. The Labute approximate surface area is 225 Å². The first-order valence-corrected chi connectivity index (χ1v) is 12.4. The van der Waals surface area contributed by atoms with Crippen molar-refractivity contribution in [1.29, 1.82) is 0 Å². The van der Waals surface area contributed by atoms with Gasteiger partial charge in [0, 0.05) is 40.8 Å². The van der Waals surface area contributed by atoms with Gasteiger partial charge in [-0.05, 0) is 29.7 Å². The van der Waals surface area contributed by atoms with Crippen LogP contribution in [0.25, 0.3) is 10.9 Å². The summed E-state index contributed by atoms with van der Waals surface area (Å²) in [6, 6.07) is 31.8. The molecule has 0 radical (unpaired) electrons. The summed E-state index contributed by atoms with van der Waals surface area (Å²) in [5.41, 5.74) is 5.12. The molecule has 194 valence electrons. The Bertz CT molecular complexity index is 1620. The maximum atomic E-state index is 13.4. The predicted octanol–water partition coefficient (Wildman–Crippen LogP) is 5.29. The van der Waals surface area contributed by atoms with Gasteiger partial charge in [0.15, 0.2) is 5.60 Å². The van der Waals surface area contributed by atoms with E-state index >= 15 is 0 Å². The maximum Gasteiger partial charge on any atom is 0.281 e. The van der Waals surface area contributed by atoms with Crippen LogP contribution in [-0.2, 0) is 16.9 Å². The van der Waals surface area contributed by atoms with Crippen molar-refractivity contribution in [2.45, 2.75) is 19.1 Å². The van der Waals surface area contributed by atoms with Gasteiger partial charge in [0.1, 0.15) is 0 Å². The van der Waals surface area contributed by atoms with Gasteiger partial charge >= 0.3 is 0 Å². The number of para-hydroxylation sites is 1. The fraction of sp³-hybridized carbons (Fsp3) is 0.0968. The molecule has 8 heteroatoms. The Morgan fingerprint density at radius 3 is 2.08 bits per heavy atom. The van der Waals surface area contributed by atoms with Crippen molar-refractivity contribution in [3.05, 3.63) is 147 Å². The molecule has 39 heavy (non-hydrogen) atoms. The number of fused-ring (bicyclic) bond motifs is 1. The number of nitrogens with zero attached hydrogens (tertiary/aromatic N) is 3. The van der Waals surface area contributed by atoms with Crippen molar-refractivity contribution in [3.63, 3.8) is 0 Å². The van der Waals surface area contributed by atoms with Crippen LogP contribution in [0.1, 0.15) is 27.9 Å². The van der Waals surface area contributed by atoms with Crippen molar-refractivity contribution in [3.8, 4) is 0 Å². The molecule has 0 spiro atoms. The van der Waals surface area contributed by atoms with Crippen LogP contribution in [0, 0.1) is 17.0 Å². The molecule has 4 aromatic carbocycles. The van der Waals surface area contributed by atoms with Gasteiger partial charge < -0.3 is 9.67 Å². The van der Waals surface area contributed by atoms with Crippen LogP contribution in [0.3, 0.4) is 0 Å². The molecule has 0 atom stereocenters. The molecule has 1 heterocycles. The quantitative estimate of drug-likeness (QED) is 0.165. The summed E-state index contributed by atoms with van der Waals surface area (Å²) >= 11 is 0. The summed E-state index contributed by atoms with van der Waals surface area (Å²) in [6.45, 7) is 2.46. The minimum atomic E-state index is -1.93. The lowest BCUT2D eigenvalue weighted by molar-refractivity contribution is -0.384. The SMILES string of the molecule is Cc1c(/C=N\NC(=O)C(O)(c2ccccc2)c2ccccc2)c2ccccc2n1Cc1ccc([N+](=O)[O-])cc1. The molecule has 2 N–H and O–H groups in total. The second-order valence-corrected chi connectivity index (χ2v) is 9.17. The third-order valence-electron chi connectivity index (χ3n) is 6.84. The van der Waals surface area contributed by atoms with Gasteiger partial charge in [-0.25, -0.2) is 5.43 Å². The number of nitro groups is 1. The van der Waals surface area contributed by atoms with Crippen LogP contribution < -0.4 is 5.43 Å². The highest BCUT2D eigenvalue weighted by Gasteiger charge is 2.39. The molecule has 0 aliphatic carbocycles. The summed E-state index contributed by atoms with van der Waals surface area (Å²) in [6.07, 6.45) is 1.58. The summed E-state index contributed by atoms with van der Waals surface area (Å²) in [4.78, 5) is 24.0. The molecule has 0 aliphatic heterocycles. The number of nitrogens with one attached hydrogen (secondary N) is 1. The van der Waals surface area contributed by atoms with E-state index in [1.165, 1.54) is 12.1 Å². The number of hydrogen-bond acceptors (Lipinski definition) is 5. The van der Waals surface area contributed by atoms with Gasteiger partial charge in [0.2, 0.25) is 0 Å². The number of non-ortho nitro benzene ring substituents is 1. The first-order chi connectivity index (χ1) is 18.9. The molecule has 0 unspecified atom stereocenters. The van der Waals surface area contributed by atoms with Crippen molar-refractivity contribution in [2.24, 2.45) is 5.10 Å². The number of aromatic nitrogens is 1. The lowest BCUT2D eigenvalue weighted by Gasteiger charge is -2.27. The highest BCUT2D eigenvalue weighted by Crippen LogP contribution is 2.30. The molecular formula is C31H26N4O4. The smallest absolute Gasteiger partial charge is 0.281 e. The Morgan fingerprint density at radius 2 is 1.49 bits per heavy atom. The minimum Gasteiger partial charge on any atom is -0.372 e. The summed E-state index contributed by atoms with van der Waals surface area (Å²) < 4.78 is 2.10. The summed E-state index contributed by atoms with van der Waals surface area (Å²) in [5, 5.41) is 27.8. The normalized spacial score (nSPS) is 11.6. The van der Waals surface area contributed by atoms with E-state index in [9.17, 15) is 20.0 Å². The van der Waals surface area contributed by atoms with Crippen molar-refractivity contribution in [1.82, 2.24) is 9.99 Å². The molecule has 8 nitrogen and oxygen atoms in total. The van der Waals surface area contributed by atoms with Crippen molar-refractivity contribution >= 4 is 28.7 Å². The minimum absolute atomic E-state index is 0.0439. The Balaban J connectivity index is 1.45. The van der Waals surface area contributed by atoms with Crippen LogP contribution in [0.4, 0.5) is 5.69 Å². The largest absolute Gasteiger partial charge is 0.372 e. The van der Waals surface area contributed by atoms with Crippen LogP contribution in [-0.4, -0.2) is 26.7 Å². The molecule has 0 saturated carbocycles. The zero-order valence-electron chi connectivity index (χ0n) is 21.2. The second kappa shape index (κ2) is 10.7. The summed E-state index contributed by atoms with van der Waals surface area (Å²) in [7, 11) is 0. The lowest BCUT2D eigenvalue weighted by atomic mass is 9.85. The van der Waals surface area contributed by atoms with Gasteiger partial charge in [-0.1, -0.05) is 91.0 Å². The first-order valence-electron chi connectivity index (χ1n) is 12.4. The zero-order chi connectivity index (χ0) is 27.4. The average Bonchev–Trinajstić information content (AvgIpc) is 3.24. The predicted molar refractivity (Wildman–Crippen MR) is 150 cm³/mol. The van der Waals surface area contributed by atoms with E-state index in [0.29, 0.717) is 17.7 Å². The van der Waals surface area contributed by atoms with E-state index in [2.05, 4.69) is 15.1 Å². The van der Waals surface area contributed by atoms with Gasteiger partial charge in [0.05, 0.1) is 11.1 Å². The fourth-order valence-electron chi connectivity index (χ4n) is 4.75. The number of aliphatic hydroxyl groups is 1. The number of hydrogen-bond donors (Lipinski definition) is 2.